The number of benzene rings is 1. The van der Waals surface area contributed by atoms with Crippen LogP contribution in [0.15, 0.2) is 24.3 Å². The molecule has 0 amide bonds. The van der Waals surface area contributed by atoms with Crippen LogP contribution in [0.2, 0.25) is 5.02 Å². The maximum Gasteiger partial charge on any atom is 0.0900 e. The number of hydrogen-bond donors (Lipinski definition) is 2. The first-order valence-corrected chi connectivity index (χ1v) is 8.11. The number of aliphatic hydroxyl groups is 2. The van der Waals surface area contributed by atoms with Crippen molar-refractivity contribution in [2.45, 2.75) is 12.7 Å². The van der Waals surface area contributed by atoms with Crippen molar-refractivity contribution >= 4 is 36.4 Å². The standard InChI is InChI=1S/C16H25ClN2O3.2ClH/c17-15-3-1-14(2-4-15)12-22-13-16(21)11-19-7-5-18(6-8-19)9-10-20;;/h1-4,16,20-21H,5-13H2;2*1H. The molecular formula is C16H27Cl3N2O3. The number of piperazine rings is 1. The van der Waals surface area contributed by atoms with E-state index in [4.69, 9.17) is 21.4 Å². The van der Waals surface area contributed by atoms with E-state index in [-0.39, 0.29) is 31.4 Å². The second kappa shape index (κ2) is 13.1. The molecule has 140 valence electrons. The Kier molecular flexibility index (Phi) is 13.1. The first-order valence-electron chi connectivity index (χ1n) is 7.73. The molecule has 1 atom stereocenters. The molecule has 1 fully saturated rings. The lowest BCUT2D eigenvalue weighted by molar-refractivity contribution is 0.000521. The molecule has 24 heavy (non-hydrogen) atoms. The van der Waals surface area contributed by atoms with Gasteiger partial charge in [0.15, 0.2) is 0 Å². The average molecular weight is 402 g/mol. The van der Waals surface area contributed by atoms with Crippen molar-refractivity contribution in [2.24, 2.45) is 0 Å². The van der Waals surface area contributed by atoms with Crippen molar-refractivity contribution in [1.29, 1.82) is 0 Å². The number of nitrogens with zero attached hydrogens (tertiary/aromatic N) is 2. The quantitative estimate of drug-likeness (QED) is 0.694. The van der Waals surface area contributed by atoms with Crippen LogP contribution in [-0.2, 0) is 11.3 Å². The smallest absolute Gasteiger partial charge is 0.0900 e. The van der Waals surface area contributed by atoms with Gasteiger partial charge < -0.3 is 14.9 Å². The van der Waals surface area contributed by atoms with E-state index in [2.05, 4.69) is 9.80 Å². The molecule has 0 aliphatic carbocycles. The highest BCUT2D eigenvalue weighted by molar-refractivity contribution is 6.30. The average Bonchev–Trinajstić information content (AvgIpc) is 2.51. The molecule has 1 unspecified atom stereocenters. The fraction of sp³-hybridized carbons (Fsp3) is 0.625. The monoisotopic (exact) mass is 400 g/mol. The van der Waals surface area contributed by atoms with E-state index in [9.17, 15) is 5.11 Å². The molecule has 2 rings (SSSR count). The van der Waals surface area contributed by atoms with Gasteiger partial charge in [0.2, 0.25) is 0 Å². The number of hydrogen-bond acceptors (Lipinski definition) is 5. The molecule has 0 bridgehead atoms. The highest BCUT2D eigenvalue weighted by atomic mass is 35.5. The summed E-state index contributed by atoms with van der Waals surface area (Å²) in [5.74, 6) is 0. The zero-order chi connectivity index (χ0) is 15.8. The number of aliphatic hydroxyl groups excluding tert-OH is 2. The Bertz CT molecular complexity index is 429. The summed E-state index contributed by atoms with van der Waals surface area (Å²) in [7, 11) is 0. The summed E-state index contributed by atoms with van der Waals surface area (Å²) in [5, 5.41) is 19.7. The molecule has 0 aromatic heterocycles. The van der Waals surface area contributed by atoms with Crippen molar-refractivity contribution in [2.75, 3.05) is 52.5 Å². The lowest BCUT2D eigenvalue weighted by Crippen LogP contribution is -2.49. The summed E-state index contributed by atoms with van der Waals surface area (Å²) in [6.45, 7) is 6.13. The van der Waals surface area contributed by atoms with E-state index < -0.39 is 6.10 Å². The molecule has 1 heterocycles. The maximum absolute atomic E-state index is 10.1. The molecule has 0 radical (unpaired) electrons. The molecule has 1 aromatic carbocycles. The lowest BCUT2D eigenvalue weighted by Gasteiger charge is -2.35. The minimum absolute atomic E-state index is 0. The molecule has 1 aromatic rings. The Morgan fingerprint density at radius 2 is 1.62 bits per heavy atom. The van der Waals surface area contributed by atoms with Crippen LogP contribution in [0.3, 0.4) is 0 Å². The largest absolute Gasteiger partial charge is 0.395 e. The van der Waals surface area contributed by atoms with E-state index in [0.717, 1.165) is 38.3 Å². The van der Waals surface area contributed by atoms with Gasteiger partial charge in [0, 0.05) is 44.3 Å². The van der Waals surface area contributed by atoms with Crippen LogP contribution < -0.4 is 0 Å². The molecule has 1 aliphatic heterocycles. The van der Waals surface area contributed by atoms with Crippen LogP contribution >= 0.6 is 36.4 Å². The van der Waals surface area contributed by atoms with E-state index in [1.54, 1.807) is 0 Å². The third kappa shape index (κ3) is 8.83. The van der Waals surface area contributed by atoms with Crippen molar-refractivity contribution in [1.82, 2.24) is 9.80 Å². The fourth-order valence-corrected chi connectivity index (χ4v) is 2.71. The van der Waals surface area contributed by atoms with Gasteiger partial charge in [0.25, 0.3) is 0 Å². The molecule has 1 aliphatic rings. The van der Waals surface area contributed by atoms with Gasteiger partial charge in [-0.3, -0.25) is 9.80 Å². The van der Waals surface area contributed by atoms with Crippen LogP contribution in [0.5, 0.6) is 0 Å². The van der Waals surface area contributed by atoms with Crippen molar-refractivity contribution < 1.29 is 14.9 Å². The number of halogens is 3. The molecule has 8 heteroatoms. The van der Waals surface area contributed by atoms with Crippen molar-refractivity contribution in [3.8, 4) is 0 Å². The maximum atomic E-state index is 10.1. The minimum Gasteiger partial charge on any atom is -0.395 e. The van der Waals surface area contributed by atoms with Gasteiger partial charge in [-0.1, -0.05) is 23.7 Å². The Morgan fingerprint density at radius 1 is 1.04 bits per heavy atom. The van der Waals surface area contributed by atoms with E-state index in [0.29, 0.717) is 24.8 Å². The first kappa shape index (κ1) is 23.9. The van der Waals surface area contributed by atoms with Crippen LogP contribution in [0, 0.1) is 0 Å². The zero-order valence-electron chi connectivity index (χ0n) is 13.6. The summed E-state index contributed by atoms with van der Waals surface area (Å²) < 4.78 is 5.56. The summed E-state index contributed by atoms with van der Waals surface area (Å²) in [6.07, 6.45) is -0.475. The van der Waals surface area contributed by atoms with Crippen LogP contribution in [0.1, 0.15) is 5.56 Å². The normalized spacial score (nSPS) is 17.0. The van der Waals surface area contributed by atoms with Crippen LogP contribution in [-0.4, -0.2) is 78.6 Å². The zero-order valence-corrected chi connectivity index (χ0v) is 16.0. The molecule has 1 saturated heterocycles. The topological polar surface area (TPSA) is 56.2 Å². The summed E-state index contributed by atoms with van der Waals surface area (Å²) >= 11 is 5.83. The Hall–Kier alpha value is -0.110. The van der Waals surface area contributed by atoms with Gasteiger partial charge in [-0.25, -0.2) is 0 Å². The van der Waals surface area contributed by atoms with Crippen LogP contribution in [0.25, 0.3) is 0 Å². The lowest BCUT2D eigenvalue weighted by atomic mass is 10.2. The van der Waals surface area contributed by atoms with E-state index >= 15 is 0 Å². The van der Waals surface area contributed by atoms with Crippen molar-refractivity contribution in [3.05, 3.63) is 34.9 Å². The van der Waals surface area contributed by atoms with E-state index in [1.165, 1.54) is 0 Å². The Morgan fingerprint density at radius 3 is 2.21 bits per heavy atom. The van der Waals surface area contributed by atoms with Gasteiger partial charge >= 0.3 is 0 Å². The van der Waals surface area contributed by atoms with Crippen LogP contribution in [0.4, 0.5) is 0 Å². The third-order valence-electron chi connectivity index (χ3n) is 3.84. The number of β-amino-alcohol motifs (C(OH)–C–C–N with tert-alkyl or cyclic N) is 2. The predicted molar refractivity (Wildman–Crippen MR) is 102 cm³/mol. The fourth-order valence-electron chi connectivity index (χ4n) is 2.58. The second-order valence-electron chi connectivity index (χ2n) is 5.66. The Labute approximate surface area is 161 Å². The highest BCUT2D eigenvalue weighted by Gasteiger charge is 2.18. The van der Waals surface area contributed by atoms with Gasteiger partial charge in [-0.2, -0.15) is 0 Å². The van der Waals surface area contributed by atoms with Crippen molar-refractivity contribution in [3.63, 3.8) is 0 Å². The molecule has 2 N–H and O–H groups in total. The SMILES string of the molecule is Cl.Cl.OCCN1CCN(CC(O)COCc2ccc(Cl)cc2)CC1. The van der Waals surface area contributed by atoms with Gasteiger partial charge in [0.1, 0.15) is 0 Å². The number of rotatable bonds is 8. The minimum atomic E-state index is -0.475. The predicted octanol–water partition coefficient (Wildman–Crippen LogP) is 1.67. The molecule has 5 nitrogen and oxygen atoms in total. The summed E-state index contributed by atoms with van der Waals surface area (Å²) in [4.78, 5) is 4.48. The van der Waals surface area contributed by atoms with Gasteiger partial charge in [-0.15, -0.1) is 24.8 Å². The summed E-state index contributed by atoms with van der Waals surface area (Å²) in [6, 6.07) is 7.52. The molecule has 0 spiro atoms. The Balaban J connectivity index is 0.00000264. The molecule has 0 saturated carbocycles. The second-order valence-corrected chi connectivity index (χ2v) is 6.10. The first-order chi connectivity index (χ1) is 10.7. The molecular weight excluding hydrogens is 375 g/mol. The summed E-state index contributed by atoms with van der Waals surface area (Å²) in [5.41, 5.74) is 1.05. The van der Waals surface area contributed by atoms with Gasteiger partial charge in [0.05, 0.1) is 25.9 Å². The highest BCUT2D eigenvalue weighted by Crippen LogP contribution is 2.10. The van der Waals surface area contributed by atoms with Gasteiger partial charge in [-0.05, 0) is 17.7 Å². The van der Waals surface area contributed by atoms with E-state index in [1.807, 2.05) is 24.3 Å². The number of ether oxygens (including phenoxy) is 1. The third-order valence-corrected chi connectivity index (χ3v) is 4.09.